The number of carbonyl (C=O) groups is 2. The molecule has 0 saturated carbocycles. The molecule has 0 saturated heterocycles. The molecule has 0 aliphatic carbocycles. The highest BCUT2D eigenvalue weighted by atomic mass is 19.4. The fourth-order valence-corrected chi connectivity index (χ4v) is 2.07. The summed E-state index contributed by atoms with van der Waals surface area (Å²) in [4.78, 5) is 26.6. The molecule has 8 heteroatoms. The van der Waals surface area contributed by atoms with Crippen molar-refractivity contribution >= 4 is 11.8 Å². The number of benzene rings is 1. The van der Waals surface area contributed by atoms with Gasteiger partial charge < -0.3 is 11.1 Å². The summed E-state index contributed by atoms with van der Waals surface area (Å²) < 4.78 is 37.7. The second-order valence-electron chi connectivity index (χ2n) is 5.07. The standard InChI is InChI=1S/C16H14F3N3O2/c1-9-12(5-6-13(22-9)16(17,18)19)15(24)21-8-10-3-2-4-11(7-10)14(20)23/h2-7H,8H2,1H3,(H2,20,23)(H,21,24). The first-order valence-corrected chi connectivity index (χ1v) is 6.90. The Hall–Kier alpha value is -2.90. The third-order valence-electron chi connectivity index (χ3n) is 3.29. The van der Waals surface area contributed by atoms with Crippen LogP contribution in [0.15, 0.2) is 36.4 Å². The molecular weight excluding hydrogens is 323 g/mol. The van der Waals surface area contributed by atoms with Crippen LogP contribution in [0.5, 0.6) is 0 Å². The maximum Gasteiger partial charge on any atom is 0.433 e. The summed E-state index contributed by atoms with van der Waals surface area (Å²) >= 11 is 0. The highest BCUT2D eigenvalue weighted by molar-refractivity contribution is 5.95. The number of primary amides is 1. The summed E-state index contributed by atoms with van der Waals surface area (Å²) in [7, 11) is 0. The van der Waals surface area contributed by atoms with E-state index in [2.05, 4.69) is 10.3 Å². The SMILES string of the molecule is Cc1nc(C(F)(F)F)ccc1C(=O)NCc1cccc(C(N)=O)c1. The van der Waals surface area contributed by atoms with Crippen LogP contribution in [0.25, 0.3) is 0 Å². The van der Waals surface area contributed by atoms with E-state index in [9.17, 15) is 22.8 Å². The highest BCUT2D eigenvalue weighted by Crippen LogP contribution is 2.28. The second kappa shape index (κ2) is 6.69. The van der Waals surface area contributed by atoms with Crippen LogP contribution in [0.4, 0.5) is 13.2 Å². The number of carbonyl (C=O) groups excluding carboxylic acids is 2. The van der Waals surface area contributed by atoms with Gasteiger partial charge in [-0.3, -0.25) is 9.59 Å². The smallest absolute Gasteiger partial charge is 0.366 e. The van der Waals surface area contributed by atoms with Crippen LogP contribution >= 0.6 is 0 Å². The molecule has 0 fully saturated rings. The quantitative estimate of drug-likeness (QED) is 0.898. The van der Waals surface area contributed by atoms with E-state index in [0.717, 1.165) is 12.1 Å². The molecule has 2 rings (SSSR count). The number of alkyl halides is 3. The van der Waals surface area contributed by atoms with Crippen molar-refractivity contribution in [2.24, 2.45) is 5.73 Å². The number of hydrogen-bond acceptors (Lipinski definition) is 3. The summed E-state index contributed by atoms with van der Waals surface area (Å²) in [5, 5.41) is 2.57. The van der Waals surface area contributed by atoms with Gasteiger partial charge in [0.2, 0.25) is 5.91 Å². The van der Waals surface area contributed by atoms with Gasteiger partial charge in [-0.05, 0) is 36.8 Å². The lowest BCUT2D eigenvalue weighted by Gasteiger charge is -2.11. The van der Waals surface area contributed by atoms with Crippen molar-refractivity contribution in [3.8, 4) is 0 Å². The number of aryl methyl sites for hydroxylation is 1. The number of aromatic nitrogens is 1. The Kier molecular flexibility index (Phi) is 4.87. The fourth-order valence-electron chi connectivity index (χ4n) is 2.07. The van der Waals surface area contributed by atoms with Gasteiger partial charge in [-0.15, -0.1) is 0 Å². The molecule has 0 radical (unpaired) electrons. The number of amides is 2. The van der Waals surface area contributed by atoms with Crippen LogP contribution in [-0.2, 0) is 12.7 Å². The average molecular weight is 337 g/mol. The van der Waals surface area contributed by atoms with Crippen molar-refractivity contribution < 1.29 is 22.8 Å². The predicted molar refractivity (Wildman–Crippen MR) is 80.1 cm³/mol. The van der Waals surface area contributed by atoms with E-state index in [1.165, 1.54) is 19.1 Å². The Morgan fingerprint density at radius 3 is 2.50 bits per heavy atom. The minimum Gasteiger partial charge on any atom is -0.366 e. The highest BCUT2D eigenvalue weighted by Gasteiger charge is 2.33. The van der Waals surface area contributed by atoms with E-state index in [4.69, 9.17) is 5.73 Å². The third-order valence-corrected chi connectivity index (χ3v) is 3.29. The second-order valence-corrected chi connectivity index (χ2v) is 5.07. The molecule has 2 aromatic rings. The van der Waals surface area contributed by atoms with Crippen LogP contribution in [-0.4, -0.2) is 16.8 Å². The number of nitrogens with zero attached hydrogens (tertiary/aromatic N) is 1. The van der Waals surface area contributed by atoms with Crippen molar-refractivity contribution in [1.82, 2.24) is 10.3 Å². The lowest BCUT2D eigenvalue weighted by Crippen LogP contribution is -2.24. The summed E-state index contributed by atoms with van der Waals surface area (Å²) in [6.07, 6.45) is -4.56. The van der Waals surface area contributed by atoms with Gasteiger partial charge in [0, 0.05) is 12.1 Å². The average Bonchev–Trinajstić information content (AvgIpc) is 2.52. The first-order chi connectivity index (χ1) is 11.2. The summed E-state index contributed by atoms with van der Waals surface area (Å²) in [5.41, 5.74) is 5.09. The monoisotopic (exact) mass is 337 g/mol. The summed E-state index contributed by atoms with van der Waals surface area (Å²) in [5.74, 6) is -1.15. The first kappa shape index (κ1) is 17.5. The van der Waals surface area contributed by atoms with Crippen molar-refractivity contribution in [3.63, 3.8) is 0 Å². The molecule has 0 unspecified atom stereocenters. The molecule has 0 spiro atoms. The molecule has 2 amide bonds. The number of nitrogens with two attached hydrogens (primary N) is 1. The van der Waals surface area contributed by atoms with Crippen molar-refractivity contribution in [1.29, 1.82) is 0 Å². The zero-order valence-electron chi connectivity index (χ0n) is 12.6. The van der Waals surface area contributed by atoms with Gasteiger partial charge in [-0.25, -0.2) is 4.98 Å². The Morgan fingerprint density at radius 1 is 1.21 bits per heavy atom. The maximum absolute atomic E-state index is 12.6. The van der Waals surface area contributed by atoms with Crippen molar-refractivity contribution in [3.05, 3.63) is 64.5 Å². The minimum absolute atomic E-state index is 0.0202. The Labute approximate surface area is 135 Å². The number of rotatable bonds is 4. The Bertz CT molecular complexity index is 788. The molecule has 1 heterocycles. The van der Waals surface area contributed by atoms with E-state index >= 15 is 0 Å². The van der Waals surface area contributed by atoms with Gasteiger partial charge in [0.15, 0.2) is 0 Å². The summed E-state index contributed by atoms with van der Waals surface area (Å²) in [6, 6.07) is 8.21. The van der Waals surface area contributed by atoms with Crippen LogP contribution in [0.3, 0.4) is 0 Å². The van der Waals surface area contributed by atoms with Gasteiger partial charge >= 0.3 is 6.18 Å². The molecule has 0 bridgehead atoms. The normalized spacial score (nSPS) is 11.2. The number of halogens is 3. The van der Waals surface area contributed by atoms with Gasteiger partial charge in [-0.1, -0.05) is 12.1 Å². The number of hydrogen-bond donors (Lipinski definition) is 2. The molecule has 0 atom stereocenters. The Balaban J connectivity index is 2.10. The predicted octanol–water partition coefficient (Wildman–Crippen LogP) is 2.44. The maximum atomic E-state index is 12.6. The van der Waals surface area contributed by atoms with E-state index in [0.29, 0.717) is 11.1 Å². The molecule has 3 N–H and O–H groups in total. The van der Waals surface area contributed by atoms with E-state index in [1.54, 1.807) is 12.1 Å². The molecule has 5 nitrogen and oxygen atoms in total. The molecule has 1 aromatic carbocycles. The van der Waals surface area contributed by atoms with Gasteiger partial charge in [0.25, 0.3) is 5.91 Å². The Morgan fingerprint density at radius 2 is 1.92 bits per heavy atom. The van der Waals surface area contributed by atoms with Crippen LogP contribution < -0.4 is 11.1 Å². The summed E-state index contributed by atoms with van der Waals surface area (Å²) in [6.45, 7) is 1.43. The molecule has 24 heavy (non-hydrogen) atoms. The van der Waals surface area contributed by atoms with Crippen LogP contribution in [0, 0.1) is 6.92 Å². The van der Waals surface area contributed by atoms with E-state index < -0.39 is 23.7 Å². The molecule has 1 aromatic heterocycles. The third kappa shape index (κ3) is 4.09. The molecule has 126 valence electrons. The minimum atomic E-state index is -4.56. The lowest BCUT2D eigenvalue weighted by molar-refractivity contribution is -0.141. The first-order valence-electron chi connectivity index (χ1n) is 6.90. The lowest BCUT2D eigenvalue weighted by atomic mass is 10.1. The largest absolute Gasteiger partial charge is 0.433 e. The van der Waals surface area contributed by atoms with Crippen molar-refractivity contribution in [2.75, 3.05) is 0 Å². The van der Waals surface area contributed by atoms with Crippen LogP contribution in [0.1, 0.15) is 37.7 Å². The van der Waals surface area contributed by atoms with Crippen LogP contribution in [0.2, 0.25) is 0 Å². The number of nitrogens with one attached hydrogen (secondary N) is 1. The zero-order valence-corrected chi connectivity index (χ0v) is 12.6. The van der Waals surface area contributed by atoms with E-state index in [1.807, 2.05) is 0 Å². The van der Waals surface area contributed by atoms with Gasteiger partial charge in [0.1, 0.15) is 5.69 Å². The topological polar surface area (TPSA) is 85.1 Å². The van der Waals surface area contributed by atoms with Gasteiger partial charge in [0.05, 0.1) is 11.3 Å². The van der Waals surface area contributed by atoms with Crippen molar-refractivity contribution in [2.45, 2.75) is 19.6 Å². The molecule has 0 aliphatic heterocycles. The van der Waals surface area contributed by atoms with E-state index in [-0.39, 0.29) is 17.8 Å². The fraction of sp³-hybridized carbons (Fsp3) is 0.188. The molecule has 0 aliphatic rings. The number of pyridine rings is 1. The van der Waals surface area contributed by atoms with Gasteiger partial charge in [-0.2, -0.15) is 13.2 Å². The molecular formula is C16H14F3N3O2. The zero-order chi connectivity index (χ0) is 17.9.